The maximum Gasteiger partial charge on any atom is 0.406 e. The summed E-state index contributed by atoms with van der Waals surface area (Å²) in [6.07, 6.45) is -4.41. The molecule has 0 heterocycles. The molecular weight excluding hydrogens is 259 g/mol. The predicted octanol–water partition coefficient (Wildman–Crippen LogP) is 3.11. The molecule has 0 spiro atoms. The first-order chi connectivity index (χ1) is 8.89. The maximum absolute atomic E-state index is 12.4. The highest BCUT2D eigenvalue weighted by molar-refractivity contribution is 5.97. The molecule has 0 aliphatic heterocycles. The summed E-state index contributed by atoms with van der Waals surface area (Å²) in [5.74, 6) is -0.375. The number of amides is 1. The van der Waals surface area contributed by atoms with Gasteiger partial charge in [0.05, 0.1) is 12.2 Å². The molecule has 1 amide bonds. The Bertz CT molecular complexity index is 432. The molecule has 0 saturated carbocycles. The first kappa shape index (κ1) is 15.3. The van der Waals surface area contributed by atoms with Crippen LogP contribution in [0.25, 0.3) is 0 Å². The van der Waals surface area contributed by atoms with Gasteiger partial charge in [-0.2, -0.15) is 13.2 Å². The Morgan fingerprint density at radius 1 is 1.26 bits per heavy atom. The smallest absolute Gasteiger partial charge is 0.406 e. The molecule has 0 saturated heterocycles. The van der Waals surface area contributed by atoms with Gasteiger partial charge in [-0.25, -0.2) is 0 Å². The molecule has 1 aromatic carbocycles. The predicted molar refractivity (Wildman–Crippen MR) is 65.2 cm³/mol. The lowest BCUT2D eigenvalue weighted by atomic mass is 10.1. The van der Waals surface area contributed by atoms with E-state index in [-0.39, 0.29) is 12.1 Å². The molecule has 0 atom stereocenters. The highest BCUT2D eigenvalue weighted by Gasteiger charge is 2.33. The van der Waals surface area contributed by atoms with Gasteiger partial charge in [0, 0.05) is 6.54 Å². The minimum Gasteiger partial charge on any atom is -0.493 e. The van der Waals surface area contributed by atoms with Gasteiger partial charge < -0.3 is 9.64 Å². The number of carbonyl (C=O) groups excluding carboxylic acids is 1. The van der Waals surface area contributed by atoms with E-state index in [0.29, 0.717) is 12.4 Å². The number of nitrogens with zero attached hydrogens (tertiary/aromatic N) is 1. The second-order valence-corrected chi connectivity index (χ2v) is 3.86. The van der Waals surface area contributed by atoms with Gasteiger partial charge in [-0.1, -0.05) is 12.1 Å². The number of benzene rings is 1. The van der Waals surface area contributed by atoms with Crippen molar-refractivity contribution >= 4 is 5.91 Å². The van der Waals surface area contributed by atoms with E-state index in [2.05, 4.69) is 0 Å². The minimum absolute atomic E-state index is 0.0151. The fraction of sp³-hybridized carbons (Fsp3) is 0.462. The Kier molecular flexibility index (Phi) is 5.20. The number of carbonyl (C=O) groups is 1. The van der Waals surface area contributed by atoms with Gasteiger partial charge in [-0.3, -0.25) is 4.79 Å². The van der Waals surface area contributed by atoms with Crippen molar-refractivity contribution in [3.63, 3.8) is 0 Å². The lowest BCUT2D eigenvalue weighted by Gasteiger charge is -2.23. The number of rotatable bonds is 5. The van der Waals surface area contributed by atoms with Gasteiger partial charge >= 0.3 is 6.18 Å². The average Bonchev–Trinajstić information content (AvgIpc) is 2.35. The van der Waals surface area contributed by atoms with Crippen LogP contribution in [0.2, 0.25) is 0 Å². The third kappa shape index (κ3) is 4.46. The lowest BCUT2D eigenvalue weighted by molar-refractivity contribution is -0.140. The number of alkyl halides is 3. The summed E-state index contributed by atoms with van der Waals surface area (Å²) < 4.78 is 42.4. The Morgan fingerprint density at radius 3 is 2.42 bits per heavy atom. The van der Waals surface area contributed by atoms with E-state index in [0.717, 1.165) is 4.90 Å². The SMILES string of the molecule is CCOc1ccccc1C(=O)N(CC)CC(F)(F)F. The van der Waals surface area contributed by atoms with Crippen molar-refractivity contribution < 1.29 is 22.7 Å². The van der Waals surface area contributed by atoms with Gasteiger partial charge in [0.2, 0.25) is 0 Å². The van der Waals surface area contributed by atoms with E-state index < -0.39 is 18.6 Å². The van der Waals surface area contributed by atoms with Crippen molar-refractivity contribution in [1.82, 2.24) is 4.90 Å². The van der Waals surface area contributed by atoms with Gasteiger partial charge in [-0.15, -0.1) is 0 Å². The van der Waals surface area contributed by atoms with E-state index in [1.165, 1.54) is 13.0 Å². The summed E-state index contributed by atoms with van der Waals surface area (Å²) >= 11 is 0. The van der Waals surface area contributed by atoms with Crippen molar-refractivity contribution in [3.8, 4) is 5.75 Å². The van der Waals surface area contributed by atoms with Crippen LogP contribution < -0.4 is 4.74 Å². The minimum atomic E-state index is -4.41. The molecular formula is C13H16F3NO2. The number of para-hydroxylation sites is 1. The molecule has 19 heavy (non-hydrogen) atoms. The zero-order chi connectivity index (χ0) is 14.5. The zero-order valence-corrected chi connectivity index (χ0v) is 10.8. The molecule has 0 N–H and O–H groups in total. The molecule has 0 aliphatic carbocycles. The molecule has 1 rings (SSSR count). The van der Waals surface area contributed by atoms with Crippen molar-refractivity contribution in [3.05, 3.63) is 29.8 Å². The van der Waals surface area contributed by atoms with E-state index in [9.17, 15) is 18.0 Å². The van der Waals surface area contributed by atoms with Crippen LogP contribution in [0.4, 0.5) is 13.2 Å². The molecule has 0 unspecified atom stereocenters. The Balaban J connectivity index is 2.97. The Labute approximate surface area is 110 Å². The highest BCUT2D eigenvalue weighted by Crippen LogP contribution is 2.22. The third-order valence-corrected chi connectivity index (χ3v) is 2.46. The number of hydrogen-bond acceptors (Lipinski definition) is 2. The molecule has 0 bridgehead atoms. The number of ether oxygens (including phenoxy) is 1. The van der Waals surface area contributed by atoms with Gasteiger partial charge in [0.15, 0.2) is 0 Å². The summed E-state index contributed by atoms with van der Waals surface area (Å²) in [5.41, 5.74) is 0.149. The Hall–Kier alpha value is -1.72. The van der Waals surface area contributed by atoms with Crippen molar-refractivity contribution in [2.75, 3.05) is 19.7 Å². The molecule has 1 aromatic rings. The molecule has 0 radical (unpaired) electrons. The monoisotopic (exact) mass is 275 g/mol. The van der Waals surface area contributed by atoms with Crippen LogP contribution in [0.5, 0.6) is 5.75 Å². The maximum atomic E-state index is 12.4. The van der Waals surface area contributed by atoms with Gasteiger partial charge in [0.25, 0.3) is 5.91 Å². The fourth-order valence-electron chi connectivity index (χ4n) is 1.64. The molecule has 0 aromatic heterocycles. The fourth-order valence-corrected chi connectivity index (χ4v) is 1.64. The van der Waals surface area contributed by atoms with Crippen LogP contribution in [0, 0.1) is 0 Å². The summed E-state index contributed by atoms with van der Waals surface area (Å²) in [6.45, 7) is 2.32. The molecule has 106 valence electrons. The summed E-state index contributed by atoms with van der Waals surface area (Å²) in [4.78, 5) is 12.8. The van der Waals surface area contributed by atoms with Crippen LogP contribution in [-0.4, -0.2) is 36.7 Å². The highest BCUT2D eigenvalue weighted by atomic mass is 19.4. The first-order valence-electron chi connectivity index (χ1n) is 5.97. The second kappa shape index (κ2) is 6.45. The lowest BCUT2D eigenvalue weighted by Crippen LogP contribution is -2.38. The van der Waals surface area contributed by atoms with Gasteiger partial charge in [0.1, 0.15) is 12.3 Å². The first-order valence-corrected chi connectivity index (χ1v) is 5.97. The summed E-state index contributed by atoms with van der Waals surface area (Å²) in [5, 5.41) is 0. The van der Waals surface area contributed by atoms with Crippen molar-refractivity contribution in [2.45, 2.75) is 20.0 Å². The van der Waals surface area contributed by atoms with E-state index in [4.69, 9.17) is 4.74 Å². The molecule has 3 nitrogen and oxygen atoms in total. The molecule has 0 fully saturated rings. The van der Waals surface area contributed by atoms with E-state index in [1.54, 1.807) is 25.1 Å². The van der Waals surface area contributed by atoms with Crippen LogP contribution in [-0.2, 0) is 0 Å². The second-order valence-electron chi connectivity index (χ2n) is 3.86. The van der Waals surface area contributed by atoms with Crippen LogP contribution in [0.3, 0.4) is 0 Å². The molecule has 0 aliphatic rings. The standard InChI is InChI=1S/C13H16F3NO2/c1-3-17(9-13(14,15)16)12(18)10-7-5-6-8-11(10)19-4-2/h5-8H,3-4,9H2,1-2H3. The quantitative estimate of drug-likeness (QED) is 0.826. The van der Waals surface area contributed by atoms with Crippen LogP contribution in [0.1, 0.15) is 24.2 Å². The van der Waals surface area contributed by atoms with Crippen molar-refractivity contribution in [2.24, 2.45) is 0 Å². The molecule has 6 heteroatoms. The van der Waals surface area contributed by atoms with E-state index in [1.807, 2.05) is 0 Å². The average molecular weight is 275 g/mol. The topological polar surface area (TPSA) is 29.5 Å². The number of halogens is 3. The van der Waals surface area contributed by atoms with Gasteiger partial charge in [-0.05, 0) is 26.0 Å². The Morgan fingerprint density at radius 2 is 1.89 bits per heavy atom. The van der Waals surface area contributed by atoms with Crippen LogP contribution >= 0.6 is 0 Å². The summed E-state index contributed by atoms with van der Waals surface area (Å²) in [7, 11) is 0. The van der Waals surface area contributed by atoms with Crippen molar-refractivity contribution in [1.29, 1.82) is 0 Å². The van der Waals surface area contributed by atoms with E-state index >= 15 is 0 Å². The number of hydrogen-bond donors (Lipinski definition) is 0. The summed E-state index contributed by atoms with van der Waals surface area (Å²) in [6, 6.07) is 6.30. The zero-order valence-electron chi connectivity index (χ0n) is 10.8. The van der Waals surface area contributed by atoms with Crippen LogP contribution in [0.15, 0.2) is 24.3 Å². The third-order valence-electron chi connectivity index (χ3n) is 2.46. The largest absolute Gasteiger partial charge is 0.493 e. The normalized spacial score (nSPS) is 11.2.